The largest absolute Gasteiger partial charge is 0.464 e. The third kappa shape index (κ3) is 2.92. The van der Waals surface area contributed by atoms with Crippen molar-refractivity contribution in [3.8, 4) is 23.2 Å². The molecule has 0 atom stereocenters. The van der Waals surface area contributed by atoms with Gasteiger partial charge in [-0.05, 0) is 42.5 Å². The van der Waals surface area contributed by atoms with Gasteiger partial charge >= 0.3 is 5.97 Å². The molecule has 7 nitrogen and oxygen atoms in total. The lowest BCUT2D eigenvalue weighted by Crippen LogP contribution is -2.11. The lowest BCUT2D eigenvalue weighted by molar-refractivity contribution is 0.0593. The third-order valence-electron chi connectivity index (χ3n) is 4.28. The topological polar surface area (TPSA) is 107 Å². The molecule has 2 aromatic carbocycles. The van der Waals surface area contributed by atoms with Gasteiger partial charge in [-0.3, -0.25) is 0 Å². The summed E-state index contributed by atoms with van der Waals surface area (Å²) >= 11 is 3.40. The van der Waals surface area contributed by atoms with E-state index in [0.29, 0.717) is 22.7 Å². The Morgan fingerprint density at radius 1 is 1.29 bits per heavy atom. The van der Waals surface area contributed by atoms with Crippen molar-refractivity contribution in [2.75, 3.05) is 12.8 Å². The second-order valence-corrected chi connectivity index (χ2v) is 6.87. The highest BCUT2D eigenvalue weighted by Gasteiger charge is 2.22. The zero-order valence-corrected chi connectivity index (χ0v) is 16.2. The smallest absolute Gasteiger partial charge is 0.357 e. The molecule has 0 saturated carbocycles. The van der Waals surface area contributed by atoms with Crippen LogP contribution in [0, 0.1) is 11.3 Å². The van der Waals surface area contributed by atoms with Gasteiger partial charge in [-0.15, -0.1) is 0 Å². The van der Waals surface area contributed by atoms with Crippen LogP contribution in [0.4, 0.5) is 5.69 Å². The summed E-state index contributed by atoms with van der Waals surface area (Å²) in [5.74, 6) is -0.146. The number of nitrogen functional groups attached to an aromatic ring is 1. The quantitative estimate of drug-likeness (QED) is 0.480. The maximum Gasteiger partial charge on any atom is 0.357 e. The summed E-state index contributed by atoms with van der Waals surface area (Å²) in [5.41, 5.74) is 8.97. The molecule has 28 heavy (non-hydrogen) atoms. The molecule has 4 rings (SSSR count). The predicted molar refractivity (Wildman–Crippen MR) is 107 cm³/mol. The highest BCUT2D eigenvalue weighted by molar-refractivity contribution is 9.10. The van der Waals surface area contributed by atoms with Crippen molar-refractivity contribution in [1.82, 2.24) is 9.55 Å². The van der Waals surface area contributed by atoms with E-state index < -0.39 is 5.97 Å². The number of hydrogen-bond donors (Lipinski definition) is 1. The summed E-state index contributed by atoms with van der Waals surface area (Å²) < 4.78 is 13.1. The fourth-order valence-electron chi connectivity index (χ4n) is 2.90. The maximum atomic E-state index is 12.2. The van der Waals surface area contributed by atoms with Gasteiger partial charge in [0.25, 0.3) is 0 Å². The van der Waals surface area contributed by atoms with E-state index >= 15 is 0 Å². The zero-order valence-electron chi connectivity index (χ0n) is 14.6. The minimum atomic E-state index is -0.630. The van der Waals surface area contributed by atoms with Crippen molar-refractivity contribution in [2.24, 2.45) is 0 Å². The molecule has 0 radical (unpaired) electrons. The average molecular weight is 437 g/mol. The first-order valence-electron chi connectivity index (χ1n) is 8.18. The number of aromatic nitrogens is 2. The summed E-state index contributed by atoms with van der Waals surface area (Å²) in [6.07, 6.45) is 1.50. The van der Waals surface area contributed by atoms with Crippen LogP contribution in [0.15, 0.2) is 57.6 Å². The average Bonchev–Trinajstić information content (AvgIpc) is 3.28. The highest BCUT2D eigenvalue weighted by atomic mass is 79.9. The number of nitrogens with two attached hydrogens (primary N) is 1. The molecular formula is C20H13BrN4O3. The fraction of sp³-hybridized carbons (Fsp3) is 0.0500. The number of nitriles is 1. The number of fused-ring (bicyclic) bond motifs is 1. The maximum absolute atomic E-state index is 12.2. The molecular weight excluding hydrogens is 424 g/mol. The van der Waals surface area contributed by atoms with E-state index in [4.69, 9.17) is 14.9 Å². The number of benzene rings is 2. The van der Waals surface area contributed by atoms with Crippen LogP contribution in [0.3, 0.4) is 0 Å². The number of methoxy groups -OCH3 is 1. The molecule has 0 aliphatic heterocycles. The molecule has 0 fully saturated rings. The summed E-state index contributed by atoms with van der Waals surface area (Å²) in [7, 11) is 1.26. The number of nitrogens with zero attached hydrogens (tertiary/aromatic N) is 3. The standard InChI is InChI=1S/C20H13BrN4O3/c1-27-20(26)18-17(23)12(9-22)10-25(18)14-6-7-16-15(8-14)24-19(28-16)11-2-4-13(21)5-3-11/h2-8,10H,23H2,1H3. The summed E-state index contributed by atoms with van der Waals surface area (Å²) in [6, 6.07) is 14.9. The van der Waals surface area contributed by atoms with Gasteiger partial charge in [-0.25, -0.2) is 9.78 Å². The number of carbonyl (C=O) groups excluding carboxylic acids is 1. The molecule has 4 aromatic rings. The lowest BCUT2D eigenvalue weighted by Gasteiger charge is -2.08. The second kappa shape index (κ2) is 6.87. The summed E-state index contributed by atoms with van der Waals surface area (Å²) in [6.45, 7) is 0. The predicted octanol–water partition coefficient (Wildman–Crippen LogP) is 4.29. The Balaban J connectivity index is 1.84. The minimum absolute atomic E-state index is 0.0742. The first-order valence-corrected chi connectivity index (χ1v) is 8.97. The van der Waals surface area contributed by atoms with Gasteiger partial charge in [-0.1, -0.05) is 15.9 Å². The second-order valence-electron chi connectivity index (χ2n) is 5.96. The minimum Gasteiger partial charge on any atom is -0.464 e. The molecule has 0 saturated heterocycles. The molecule has 2 N–H and O–H groups in total. The van der Waals surface area contributed by atoms with E-state index in [1.807, 2.05) is 30.3 Å². The van der Waals surface area contributed by atoms with E-state index in [2.05, 4.69) is 20.9 Å². The van der Waals surface area contributed by atoms with Gasteiger partial charge in [0.05, 0.1) is 18.4 Å². The first-order chi connectivity index (χ1) is 13.5. The van der Waals surface area contributed by atoms with Crippen molar-refractivity contribution in [3.05, 3.63) is 64.4 Å². The van der Waals surface area contributed by atoms with E-state index in [9.17, 15) is 10.1 Å². The molecule has 0 aliphatic carbocycles. The zero-order chi connectivity index (χ0) is 19.8. The van der Waals surface area contributed by atoms with Gasteiger partial charge in [0.15, 0.2) is 11.3 Å². The van der Waals surface area contributed by atoms with Crippen LogP contribution in [0.1, 0.15) is 16.1 Å². The number of hydrogen-bond acceptors (Lipinski definition) is 6. The van der Waals surface area contributed by atoms with E-state index in [0.717, 1.165) is 10.0 Å². The van der Waals surface area contributed by atoms with Crippen LogP contribution < -0.4 is 5.73 Å². The monoisotopic (exact) mass is 436 g/mol. The first kappa shape index (κ1) is 17.8. The van der Waals surface area contributed by atoms with Crippen molar-refractivity contribution in [3.63, 3.8) is 0 Å². The Labute approximate surface area is 168 Å². The van der Waals surface area contributed by atoms with Gasteiger partial charge < -0.3 is 19.5 Å². The Morgan fingerprint density at radius 3 is 2.71 bits per heavy atom. The van der Waals surface area contributed by atoms with Crippen LogP contribution in [0.5, 0.6) is 0 Å². The number of halogens is 1. The molecule has 0 bridgehead atoms. The molecule has 8 heteroatoms. The van der Waals surface area contributed by atoms with Gasteiger partial charge in [0.2, 0.25) is 5.89 Å². The number of rotatable bonds is 3. The van der Waals surface area contributed by atoms with Crippen LogP contribution >= 0.6 is 15.9 Å². The normalized spacial score (nSPS) is 10.8. The Hall–Kier alpha value is -3.57. The number of carbonyl (C=O) groups is 1. The summed E-state index contributed by atoms with van der Waals surface area (Å²) in [5, 5.41) is 9.25. The lowest BCUT2D eigenvalue weighted by atomic mass is 10.2. The molecule has 0 unspecified atom stereocenters. The highest BCUT2D eigenvalue weighted by Crippen LogP contribution is 2.29. The molecule has 0 amide bonds. The molecule has 2 aromatic heterocycles. The molecule has 138 valence electrons. The van der Waals surface area contributed by atoms with Crippen molar-refractivity contribution >= 4 is 38.7 Å². The van der Waals surface area contributed by atoms with E-state index in [1.165, 1.54) is 17.9 Å². The number of oxazole rings is 1. The molecule has 0 aliphatic rings. The van der Waals surface area contributed by atoms with Crippen LogP contribution in [-0.4, -0.2) is 22.6 Å². The van der Waals surface area contributed by atoms with Gasteiger partial charge in [0, 0.05) is 21.9 Å². The SMILES string of the molecule is COC(=O)c1c(N)c(C#N)cn1-c1ccc2oc(-c3ccc(Br)cc3)nc2c1. The number of anilines is 1. The van der Waals surface area contributed by atoms with Crippen LogP contribution in [0.2, 0.25) is 0 Å². The van der Waals surface area contributed by atoms with Crippen LogP contribution in [0.25, 0.3) is 28.2 Å². The van der Waals surface area contributed by atoms with Crippen molar-refractivity contribution < 1.29 is 13.9 Å². The van der Waals surface area contributed by atoms with Crippen molar-refractivity contribution in [1.29, 1.82) is 5.26 Å². The molecule has 0 spiro atoms. The van der Waals surface area contributed by atoms with Crippen molar-refractivity contribution in [2.45, 2.75) is 0 Å². The number of ether oxygens (including phenoxy) is 1. The third-order valence-corrected chi connectivity index (χ3v) is 4.81. The van der Waals surface area contributed by atoms with E-state index in [-0.39, 0.29) is 16.9 Å². The van der Waals surface area contributed by atoms with E-state index in [1.54, 1.807) is 18.2 Å². The van der Waals surface area contributed by atoms with Crippen LogP contribution in [-0.2, 0) is 4.74 Å². The van der Waals surface area contributed by atoms with Gasteiger partial charge in [-0.2, -0.15) is 5.26 Å². The Bertz CT molecular complexity index is 1250. The molecule has 2 heterocycles. The van der Waals surface area contributed by atoms with Gasteiger partial charge in [0.1, 0.15) is 11.6 Å². The fourth-order valence-corrected chi connectivity index (χ4v) is 3.16. The Morgan fingerprint density at radius 2 is 2.04 bits per heavy atom. The Kier molecular flexibility index (Phi) is 4.37. The summed E-state index contributed by atoms with van der Waals surface area (Å²) in [4.78, 5) is 16.7. The number of esters is 1.